The first-order chi connectivity index (χ1) is 8.03. The van der Waals surface area contributed by atoms with Crippen LogP contribution in [-0.4, -0.2) is 34.8 Å². The quantitative estimate of drug-likeness (QED) is 0.742. The highest BCUT2D eigenvalue weighted by atomic mass is 16.2. The van der Waals surface area contributed by atoms with E-state index in [1.54, 1.807) is 17.9 Å². The van der Waals surface area contributed by atoms with Crippen molar-refractivity contribution in [3.63, 3.8) is 0 Å². The second-order valence-electron chi connectivity index (χ2n) is 5.20. The van der Waals surface area contributed by atoms with Gasteiger partial charge in [-0.2, -0.15) is 0 Å². The highest BCUT2D eigenvalue weighted by Gasteiger charge is 2.51. The normalized spacial score (nSPS) is 33.5. The van der Waals surface area contributed by atoms with Crippen molar-refractivity contribution in [1.82, 2.24) is 10.2 Å². The number of piperazine rings is 1. The Hall–Kier alpha value is -1.32. The van der Waals surface area contributed by atoms with Crippen LogP contribution in [0.1, 0.15) is 33.1 Å². The molecule has 2 fully saturated rings. The van der Waals surface area contributed by atoms with Gasteiger partial charge in [-0.1, -0.05) is 13.0 Å². The molecule has 1 heterocycles. The lowest BCUT2D eigenvalue weighted by atomic mass is 9.90. The first-order valence-electron chi connectivity index (χ1n) is 6.27. The predicted molar refractivity (Wildman–Crippen MR) is 65.3 cm³/mol. The van der Waals surface area contributed by atoms with Crippen LogP contribution in [0.25, 0.3) is 0 Å². The van der Waals surface area contributed by atoms with Gasteiger partial charge in [0, 0.05) is 6.54 Å². The molecular formula is C13H20N2O2. The van der Waals surface area contributed by atoms with E-state index in [0.29, 0.717) is 18.9 Å². The summed E-state index contributed by atoms with van der Waals surface area (Å²) in [6, 6.07) is -0.278. The van der Waals surface area contributed by atoms with Gasteiger partial charge < -0.3 is 10.2 Å². The third-order valence-electron chi connectivity index (χ3n) is 3.84. The van der Waals surface area contributed by atoms with E-state index in [9.17, 15) is 9.59 Å². The van der Waals surface area contributed by atoms with E-state index in [4.69, 9.17) is 0 Å². The summed E-state index contributed by atoms with van der Waals surface area (Å²) in [6.07, 6.45) is 4.40. The maximum absolute atomic E-state index is 12.4. The van der Waals surface area contributed by atoms with Gasteiger partial charge in [0.05, 0.1) is 0 Å². The first kappa shape index (κ1) is 12.1. The second-order valence-corrected chi connectivity index (χ2v) is 5.20. The smallest absolute Gasteiger partial charge is 0.248 e. The molecule has 4 nitrogen and oxygen atoms in total. The van der Waals surface area contributed by atoms with Crippen molar-refractivity contribution in [1.29, 1.82) is 0 Å². The van der Waals surface area contributed by atoms with Gasteiger partial charge in [0.2, 0.25) is 11.8 Å². The Balaban J connectivity index is 2.28. The third kappa shape index (κ3) is 1.96. The molecule has 1 aliphatic carbocycles. The van der Waals surface area contributed by atoms with Crippen LogP contribution >= 0.6 is 0 Å². The van der Waals surface area contributed by atoms with Crippen LogP contribution in [0.2, 0.25) is 0 Å². The minimum atomic E-state index is -0.745. The molecular weight excluding hydrogens is 216 g/mol. The maximum Gasteiger partial charge on any atom is 0.248 e. The minimum Gasteiger partial charge on any atom is -0.340 e. The van der Waals surface area contributed by atoms with Gasteiger partial charge >= 0.3 is 0 Å². The van der Waals surface area contributed by atoms with Crippen LogP contribution in [-0.2, 0) is 9.59 Å². The Bertz CT molecular complexity index is 362. The number of amides is 2. The number of hydrogen-bond acceptors (Lipinski definition) is 2. The molecule has 4 heteroatoms. The fourth-order valence-electron chi connectivity index (χ4n) is 2.44. The lowest BCUT2D eigenvalue weighted by Gasteiger charge is -2.44. The number of nitrogens with zero attached hydrogens (tertiary/aromatic N) is 1. The van der Waals surface area contributed by atoms with Crippen molar-refractivity contribution in [2.75, 3.05) is 6.54 Å². The lowest BCUT2D eigenvalue weighted by Crippen LogP contribution is -2.69. The Morgan fingerprint density at radius 1 is 1.53 bits per heavy atom. The summed E-state index contributed by atoms with van der Waals surface area (Å²) in [5, 5.41) is 2.89. The van der Waals surface area contributed by atoms with Crippen molar-refractivity contribution in [2.24, 2.45) is 5.92 Å². The lowest BCUT2D eigenvalue weighted by molar-refractivity contribution is -0.154. The fourth-order valence-corrected chi connectivity index (χ4v) is 2.44. The van der Waals surface area contributed by atoms with Crippen LogP contribution in [0.4, 0.5) is 0 Å². The van der Waals surface area contributed by atoms with Crippen molar-refractivity contribution < 1.29 is 9.59 Å². The summed E-state index contributed by atoms with van der Waals surface area (Å²) in [6.45, 7) is 7.85. The van der Waals surface area contributed by atoms with Crippen LogP contribution in [0, 0.1) is 5.92 Å². The first-order valence-corrected chi connectivity index (χ1v) is 6.27. The molecule has 17 heavy (non-hydrogen) atoms. The molecule has 1 N–H and O–H groups in total. The van der Waals surface area contributed by atoms with Crippen molar-refractivity contribution in [2.45, 2.75) is 44.7 Å². The monoisotopic (exact) mass is 236 g/mol. The molecule has 2 unspecified atom stereocenters. The average Bonchev–Trinajstić information content (AvgIpc) is 3.10. The molecule has 0 aromatic heterocycles. The Labute approximate surface area is 102 Å². The van der Waals surface area contributed by atoms with Crippen LogP contribution < -0.4 is 5.32 Å². The fraction of sp³-hybridized carbons (Fsp3) is 0.692. The molecule has 0 aromatic rings. The molecule has 0 bridgehead atoms. The summed E-state index contributed by atoms with van der Waals surface area (Å²) >= 11 is 0. The zero-order valence-corrected chi connectivity index (χ0v) is 10.5. The van der Waals surface area contributed by atoms with Gasteiger partial charge in [-0.3, -0.25) is 9.59 Å². The molecule has 2 amide bonds. The van der Waals surface area contributed by atoms with Gasteiger partial charge in [-0.15, -0.1) is 6.58 Å². The number of carbonyl (C=O) groups excluding carboxylic acids is 2. The molecule has 94 valence electrons. The molecule has 0 spiro atoms. The van der Waals surface area contributed by atoms with Crippen LogP contribution in [0.5, 0.6) is 0 Å². The highest BCUT2D eigenvalue weighted by Crippen LogP contribution is 2.38. The minimum absolute atomic E-state index is 0.00157. The SMILES string of the molecule is C=CCN1C(=O)C(C)(CC)NC(=O)C1C1CC1. The molecule has 1 saturated carbocycles. The van der Waals surface area contributed by atoms with Gasteiger partial charge in [-0.25, -0.2) is 0 Å². The van der Waals surface area contributed by atoms with Crippen molar-refractivity contribution in [3.8, 4) is 0 Å². The van der Waals surface area contributed by atoms with E-state index < -0.39 is 5.54 Å². The average molecular weight is 236 g/mol. The van der Waals surface area contributed by atoms with E-state index in [-0.39, 0.29) is 17.9 Å². The van der Waals surface area contributed by atoms with E-state index in [1.165, 1.54) is 0 Å². The molecule has 0 radical (unpaired) electrons. The summed E-state index contributed by atoms with van der Waals surface area (Å²) in [5.74, 6) is 0.370. The molecule has 0 aromatic carbocycles. The van der Waals surface area contributed by atoms with E-state index in [0.717, 1.165) is 12.8 Å². The van der Waals surface area contributed by atoms with Crippen LogP contribution in [0.3, 0.4) is 0 Å². The van der Waals surface area contributed by atoms with E-state index in [1.807, 2.05) is 6.92 Å². The third-order valence-corrected chi connectivity index (χ3v) is 3.84. The maximum atomic E-state index is 12.4. The van der Waals surface area contributed by atoms with E-state index >= 15 is 0 Å². The van der Waals surface area contributed by atoms with Gasteiger partial charge in [-0.05, 0) is 32.1 Å². The molecule has 2 atom stereocenters. The van der Waals surface area contributed by atoms with Crippen molar-refractivity contribution >= 4 is 11.8 Å². The number of carbonyl (C=O) groups is 2. The summed E-state index contributed by atoms with van der Waals surface area (Å²) in [5.41, 5.74) is -0.745. The molecule has 2 rings (SSSR count). The predicted octanol–water partition coefficient (Wildman–Crippen LogP) is 1.08. The number of nitrogens with one attached hydrogen (secondary N) is 1. The standard InChI is InChI=1S/C13H20N2O2/c1-4-8-15-10(9-6-7-9)11(16)14-13(3,5-2)12(15)17/h4,9-10H,1,5-8H2,2-3H3,(H,14,16). The topological polar surface area (TPSA) is 49.4 Å². The Morgan fingerprint density at radius 2 is 2.18 bits per heavy atom. The van der Waals surface area contributed by atoms with Gasteiger partial charge in [0.25, 0.3) is 0 Å². The molecule has 2 aliphatic rings. The van der Waals surface area contributed by atoms with E-state index in [2.05, 4.69) is 11.9 Å². The zero-order chi connectivity index (χ0) is 12.6. The van der Waals surface area contributed by atoms with Crippen molar-refractivity contribution in [3.05, 3.63) is 12.7 Å². The molecule has 1 aliphatic heterocycles. The summed E-state index contributed by atoms with van der Waals surface area (Å²) < 4.78 is 0. The zero-order valence-electron chi connectivity index (χ0n) is 10.5. The number of hydrogen-bond donors (Lipinski definition) is 1. The summed E-state index contributed by atoms with van der Waals surface area (Å²) in [7, 11) is 0. The van der Waals surface area contributed by atoms with Gasteiger partial charge in [0.1, 0.15) is 11.6 Å². The largest absolute Gasteiger partial charge is 0.340 e. The van der Waals surface area contributed by atoms with Crippen LogP contribution in [0.15, 0.2) is 12.7 Å². The second kappa shape index (κ2) is 4.17. The Morgan fingerprint density at radius 3 is 2.65 bits per heavy atom. The van der Waals surface area contributed by atoms with Gasteiger partial charge in [0.15, 0.2) is 0 Å². The Kier molecular flexibility index (Phi) is 2.98. The number of rotatable bonds is 4. The highest BCUT2D eigenvalue weighted by molar-refractivity contribution is 5.99. The molecule has 1 saturated heterocycles. The summed E-state index contributed by atoms with van der Waals surface area (Å²) in [4.78, 5) is 26.3.